The predicted octanol–water partition coefficient (Wildman–Crippen LogP) is -3.33. The number of hydrogen-bond donors (Lipinski definition) is 13. The van der Waals surface area contributed by atoms with Gasteiger partial charge in [0.15, 0.2) is 11.9 Å². The van der Waals surface area contributed by atoms with E-state index in [4.69, 9.17) is 28.0 Å². The van der Waals surface area contributed by atoms with Crippen LogP contribution in [0.15, 0.2) is 30.3 Å². The molecule has 49 heavy (non-hydrogen) atoms. The number of aliphatic carboxylic acids is 1. The average Bonchev–Trinajstić information content (AvgIpc) is 3.04. The lowest BCUT2D eigenvalue weighted by molar-refractivity contribution is -0.142. The molecule has 0 aliphatic rings. The summed E-state index contributed by atoms with van der Waals surface area (Å²) in [7, 11) is 0. The highest BCUT2D eigenvalue weighted by atomic mass is 16.4. The molecule has 0 aliphatic heterocycles. The Hall–Kier alpha value is -5.46. The van der Waals surface area contributed by atoms with Gasteiger partial charge in [0.05, 0.1) is 6.61 Å². The first kappa shape index (κ1) is 41.6. The summed E-state index contributed by atoms with van der Waals surface area (Å²) in [5.74, 6) is -6.35. The number of carboxylic acid groups (broad SMARTS) is 1. The topological polar surface area (TPSA) is 341 Å². The molecule has 272 valence electrons. The number of amides is 5. The van der Waals surface area contributed by atoms with Crippen molar-refractivity contribution in [3.05, 3.63) is 35.9 Å². The molecule has 0 bridgehead atoms. The van der Waals surface area contributed by atoms with Crippen molar-refractivity contribution < 1.29 is 39.0 Å². The van der Waals surface area contributed by atoms with Gasteiger partial charge in [-0.25, -0.2) is 4.79 Å². The van der Waals surface area contributed by atoms with Crippen molar-refractivity contribution in [2.45, 2.75) is 76.0 Å². The second-order valence-corrected chi connectivity index (χ2v) is 11.3. The Morgan fingerprint density at radius 2 is 1.16 bits per heavy atom. The van der Waals surface area contributed by atoms with E-state index in [1.807, 2.05) is 0 Å². The minimum Gasteiger partial charge on any atom is -0.480 e. The molecule has 0 saturated carbocycles. The van der Waals surface area contributed by atoms with Crippen molar-refractivity contribution in [2.24, 2.45) is 23.1 Å². The van der Waals surface area contributed by atoms with Gasteiger partial charge in [-0.15, -0.1) is 0 Å². The normalized spacial score (nSPS) is 13.7. The van der Waals surface area contributed by atoms with E-state index in [0.29, 0.717) is 5.56 Å². The number of guanidine groups is 2. The number of nitrogens with two attached hydrogens (primary N) is 3. The number of rotatable bonds is 23. The highest BCUT2D eigenvalue weighted by Gasteiger charge is 2.31. The van der Waals surface area contributed by atoms with Crippen LogP contribution in [-0.2, 0) is 35.2 Å². The largest absolute Gasteiger partial charge is 0.480 e. The molecular weight excluding hydrogens is 642 g/mol. The number of aliphatic hydroxyl groups is 1. The van der Waals surface area contributed by atoms with Crippen LogP contribution < -0.4 is 49.1 Å². The first-order chi connectivity index (χ1) is 23.1. The Labute approximate surface area is 283 Å². The number of benzene rings is 1. The molecule has 19 heteroatoms. The summed E-state index contributed by atoms with van der Waals surface area (Å²) in [5.41, 5.74) is 16.4. The number of carbonyl (C=O) groups is 6. The van der Waals surface area contributed by atoms with E-state index in [9.17, 15) is 39.0 Å². The number of nitrogens with one attached hydrogen (secondary N) is 8. The van der Waals surface area contributed by atoms with Crippen molar-refractivity contribution in [2.75, 3.05) is 19.7 Å². The Kier molecular flexibility index (Phi) is 18.8. The first-order valence-corrected chi connectivity index (χ1v) is 15.7. The minimum atomic E-state index is -1.58. The van der Waals surface area contributed by atoms with Crippen LogP contribution in [0.2, 0.25) is 0 Å². The van der Waals surface area contributed by atoms with Gasteiger partial charge in [-0.1, -0.05) is 37.3 Å². The van der Waals surface area contributed by atoms with E-state index in [2.05, 4.69) is 31.9 Å². The molecule has 5 amide bonds. The Morgan fingerprint density at radius 1 is 0.694 bits per heavy atom. The van der Waals surface area contributed by atoms with Crippen LogP contribution in [0.4, 0.5) is 0 Å². The lowest BCUT2D eigenvalue weighted by Crippen LogP contribution is -2.59. The van der Waals surface area contributed by atoms with Crippen LogP contribution in [0.3, 0.4) is 0 Å². The number of hydrogen-bond acceptors (Lipinski definition) is 9. The fourth-order valence-corrected chi connectivity index (χ4v) is 4.46. The van der Waals surface area contributed by atoms with Crippen LogP contribution in [0.5, 0.6) is 0 Å². The molecule has 0 fully saturated rings. The molecule has 0 heterocycles. The molecule has 0 spiro atoms. The third-order valence-electron chi connectivity index (χ3n) is 7.22. The van der Waals surface area contributed by atoms with Crippen molar-refractivity contribution in [3.8, 4) is 0 Å². The van der Waals surface area contributed by atoms with Gasteiger partial charge in [-0.2, -0.15) is 0 Å². The van der Waals surface area contributed by atoms with Crippen LogP contribution in [0, 0.1) is 16.7 Å². The average molecular weight is 692 g/mol. The summed E-state index contributed by atoms with van der Waals surface area (Å²) in [5, 5.41) is 49.0. The fraction of sp³-hybridized carbons (Fsp3) is 0.533. The molecule has 16 N–H and O–H groups in total. The first-order valence-electron chi connectivity index (χ1n) is 15.7. The van der Waals surface area contributed by atoms with Gasteiger partial charge in [0, 0.05) is 31.8 Å². The van der Waals surface area contributed by atoms with E-state index in [1.165, 1.54) is 0 Å². The fourth-order valence-electron chi connectivity index (χ4n) is 4.46. The second kappa shape index (κ2) is 22.2. The van der Waals surface area contributed by atoms with Crippen molar-refractivity contribution in [3.63, 3.8) is 0 Å². The molecule has 0 saturated heterocycles. The zero-order valence-corrected chi connectivity index (χ0v) is 27.4. The van der Waals surface area contributed by atoms with E-state index >= 15 is 0 Å². The summed E-state index contributed by atoms with van der Waals surface area (Å²) in [6.07, 6.45) is 0.577. The van der Waals surface area contributed by atoms with E-state index in [-0.39, 0.29) is 70.0 Å². The molecule has 1 rings (SSSR count). The molecule has 5 atom stereocenters. The number of primary amides is 1. The highest BCUT2D eigenvalue weighted by molar-refractivity contribution is 5.95. The summed E-state index contributed by atoms with van der Waals surface area (Å²) in [4.78, 5) is 75.9. The maximum absolute atomic E-state index is 13.6. The van der Waals surface area contributed by atoms with Gasteiger partial charge in [-0.3, -0.25) is 34.8 Å². The van der Waals surface area contributed by atoms with Gasteiger partial charge in [0.2, 0.25) is 29.5 Å². The van der Waals surface area contributed by atoms with E-state index in [0.717, 1.165) is 0 Å². The van der Waals surface area contributed by atoms with Gasteiger partial charge in [0.25, 0.3) is 0 Å². The quantitative estimate of drug-likeness (QED) is 0.0304. The molecule has 0 radical (unpaired) electrons. The Balaban J connectivity index is 3.16. The minimum absolute atomic E-state index is 0.0445. The summed E-state index contributed by atoms with van der Waals surface area (Å²) >= 11 is 0. The highest BCUT2D eigenvalue weighted by Crippen LogP contribution is 2.09. The Bertz CT molecular complexity index is 1300. The molecule has 1 aromatic carbocycles. The summed E-state index contributed by atoms with van der Waals surface area (Å²) in [6, 6.07) is 3.15. The number of carboxylic acids is 1. The van der Waals surface area contributed by atoms with Crippen LogP contribution in [0.25, 0.3) is 0 Å². The van der Waals surface area contributed by atoms with Crippen molar-refractivity contribution in [1.82, 2.24) is 31.9 Å². The second-order valence-electron chi connectivity index (χ2n) is 11.3. The third kappa shape index (κ3) is 17.3. The summed E-state index contributed by atoms with van der Waals surface area (Å²) < 4.78 is 0. The predicted molar refractivity (Wildman–Crippen MR) is 178 cm³/mol. The maximum Gasteiger partial charge on any atom is 0.326 e. The number of aliphatic hydroxyl groups excluding tert-OH is 1. The molecule has 0 aliphatic carbocycles. The van der Waals surface area contributed by atoms with Crippen LogP contribution in [0.1, 0.15) is 51.0 Å². The lowest BCUT2D eigenvalue weighted by atomic mass is 10.0. The van der Waals surface area contributed by atoms with Crippen molar-refractivity contribution in [1.29, 1.82) is 10.8 Å². The zero-order valence-electron chi connectivity index (χ0n) is 27.4. The molecule has 1 aromatic rings. The number of carbonyl (C=O) groups excluding carboxylic acids is 5. The van der Waals surface area contributed by atoms with Crippen LogP contribution in [-0.4, -0.2) is 102 Å². The SMILES string of the molecule is C[C@@H](CCC(N)=O)C(=O)N[C@@H](CCCNC(=N)N)C(=O)N[C@@H](Cc1ccccc1)C(=O)N[C@@H](CO)C(=O)N[C@@H](CCCNC(=N)N)C(=O)O. The van der Waals surface area contributed by atoms with Crippen LogP contribution >= 0.6 is 0 Å². The zero-order chi connectivity index (χ0) is 36.9. The molecular formula is C30H49N11O8. The monoisotopic (exact) mass is 691 g/mol. The van der Waals surface area contributed by atoms with Gasteiger partial charge < -0.3 is 59.3 Å². The van der Waals surface area contributed by atoms with Gasteiger partial charge in [0.1, 0.15) is 24.2 Å². The Morgan fingerprint density at radius 3 is 1.67 bits per heavy atom. The summed E-state index contributed by atoms with van der Waals surface area (Å²) in [6.45, 7) is 1.05. The van der Waals surface area contributed by atoms with E-state index < -0.39 is 72.2 Å². The molecule has 0 unspecified atom stereocenters. The molecule has 0 aromatic heterocycles. The maximum atomic E-state index is 13.6. The van der Waals surface area contributed by atoms with Gasteiger partial charge in [-0.05, 0) is 37.7 Å². The standard InChI is InChI=1S/C30H49N11O8/c1-17(11-12-23(31)43)24(44)38-19(9-5-13-36-29(32)33)25(45)40-21(15-18-7-3-2-4-8-18)26(46)41-22(16-42)27(47)39-20(28(48)49)10-6-14-37-30(34)35/h2-4,7-8,17,19-22,42H,5-6,9-16H2,1H3,(H2,31,43)(H,38,44)(H,39,47)(H,40,45)(H,41,46)(H,48,49)(H4,32,33,36)(H4,34,35,37)/t17-,19-,20-,21-,22-/m0/s1. The lowest BCUT2D eigenvalue weighted by Gasteiger charge is -2.26. The molecule has 19 nitrogen and oxygen atoms in total. The van der Waals surface area contributed by atoms with Gasteiger partial charge >= 0.3 is 5.97 Å². The van der Waals surface area contributed by atoms with E-state index in [1.54, 1.807) is 37.3 Å². The smallest absolute Gasteiger partial charge is 0.326 e. The third-order valence-corrected chi connectivity index (χ3v) is 7.22. The van der Waals surface area contributed by atoms with Crippen molar-refractivity contribution >= 4 is 47.4 Å².